The summed E-state index contributed by atoms with van der Waals surface area (Å²) in [5.41, 5.74) is 0.319. The van der Waals surface area contributed by atoms with Crippen LogP contribution in [0.5, 0.6) is 5.75 Å². The van der Waals surface area contributed by atoms with Crippen LogP contribution in [0.3, 0.4) is 0 Å². The zero-order chi connectivity index (χ0) is 22.0. The molecule has 29 heavy (non-hydrogen) atoms. The zero-order valence-corrected chi connectivity index (χ0v) is 18.5. The number of amides is 2. The van der Waals surface area contributed by atoms with Gasteiger partial charge in [-0.1, -0.05) is 0 Å². The molecule has 0 unspecified atom stereocenters. The van der Waals surface area contributed by atoms with Crippen molar-refractivity contribution in [2.24, 2.45) is 0 Å². The number of likely N-dealkylation sites (tertiary alicyclic amines) is 1. The van der Waals surface area contributed by atoms with Crippen molar-refractivity contribution in [3.05, 3.63) is 17.5 Å². The van der Waals surface area contributed by atoms with Gasteiger partial charge in [-0.3, -0.25) is 10.3 Å². The van der Waals surface area contributed by atoms with Crippen molar-refractivity contribution in [3.63, 3.8) is 0 Å². The second-order valence-corrected chi connectivity index (χ2v) is 9.40. The molecule has 0 bridgehead atoms. The van der Waals surface area contributed by atoms with Crippen molar-refractivity contribution in [3.8, 4) is 5.75 Å². The summed E-state index contributed by atoms with van der Waals surface area (Å²) in [4.78, 5) is 30.5. The molecule has 1 aliphatic heterocycles. The van der Waals surface area contributed by atoms with Gasteiger partial charge >= 0.3 is 12.2 Å². The third kappa shape index (κ3) is 6.80. The van der Waals surface area contributed by atoms with Crippen LogP contribution in [0.1, 0.15) is 71.7 Å². The van der Waals surface area contributed by atoms with Crippen molar-refractivity contribution in [2.75, 3.05) is 18.4 Å². The highest BCUT2D eigenvalue weighted by Gasteiger charge is 2.29. The maximum atomic E-state index is 12.2. The summed E-state index contributed by atoms with van der Waals surface area (Å²) >= 11 is 0. The summed E-state index contributed by atoms with van der Waals surface area (Å²) in [6.45, 7) is 13.7. The van der Waals surface area contributed by atoms with Gasteiger partial charge in [-0.15, -0.1) is 0 Å². The Morgan fingerprint density at radius 1 is 1.10 bits per heavy atom. The van der Waals surface area contributed by atoms with Crippen LogP contribution < -0.4 is 5.32 Å². The van der Waals surface area contributed by atoms with Gasteiger partial charge in [0.2, 0.25) is 0 Å². The molecule has 1 aliphatic rings. The van der Waals surface area contributed by atoms with E-state index < -0.39 is 17.3 Å². The van der Waals surface area contributed by atoms with Crippen LogP contribution >= 0.6 is 0 Å². The Morgan fingerprint density at radius 2 is 1.66 bits per heavy atom. The molecule has 0 spiro atoms. The van der Waals surface area contributed by atoms with Crippen molar-refractivity contribution in [1.29, 1.82) is 0 Å². The molecule has 162 valence electrons. The van der Waals surface area contributed by atoms with Crippen molar-refractivity contribution in [2.45, 2.75) is 78.4 Å². The zero-order valence-electron chi connectivity index (χ0n) is 18.5. The molecule has 1 aromatic rings. The number of carbonyl (C=O) groups is 2. The van der Waals surface area contributed by atoms with E-state index in [4.69, 9.17) is 9.47 Å². The Hall–Kier alpha value is -2.51. The van der Waals surface area contributed by atoms with Crippen LogP contribution in [0.15, 0.2) is 6.07 Å². The van der Waals surface area contributed by atoms with E-state index in [2.05, 4.69) is 10.3 Å². The third-order valence-corrected chi connectivity index (χ3v) is 4.39. The number of hydrogen-bond donors (Lipinski definition) is 2. The first-order valence-electron chi connectivity index (χ1n) is 9.93. The highest BCUT2D eigenvalue weighted by molar-refractivity contribution is 5.87. The van der Waals surface area contributed by atoms with Crippen molar-refractivity contribution in [1.82, 2.24) is 9.88 Å². The lowest BCUT2D eigenvalue weighted by Gasteiger charge is -2.33. The Bertz CT molecular complexity index is 757. The summed E-state index contributed by atoms with van der Waals surface area (Å²) in [6, 6.07) is 1.68. The van der Waals surface area contributed by atoms with Gasteiger partial charge in [0.15, 0.2) is 5.75 Å². The van der Waals surface area contributed by atoms with E-state index in [1.807, 2.05) is 20.8 Å². The minimum atomic E-state index is -0.640. The van der Waals surface area contributed by atoms with E-state index in [1.165, 1.54) is 0 Å². The van der Waals surface area contributed by atoms with E-state index in [9.17, 15) is 14.7 Å². The third-order valence-electron chi connectivity index (χ3n) is 4.39. The molecule has 0 saturated carbocycles. The van der Waals surface area contributed by atoms with Crippen LogP contribution in [0.25, 0.3) is 0 Å². The minimum Gasteiger partial charge on any atom is -0.504 e. The number of aromatic nitrogens is 1. The second-order valence-electron chi connectivity index (χ2n) is 9.40. The topological polar surface area (TPSA) is 101 Å². The standard InChI is InChI=1S/C21H33N3O5/c1-13-17(25)16(23-18(26)28-20(2,3)4)12-15(22-13)14-8-10-24(11-9-14)19(27)29-21(5,6)7/h12,14,25H,8-11H2,1-7H3,(H,22,23,26). The van der Waals surface area contributed by atoms with Gasteiger partial charge in [-0.2, -0.15) is 0 Å². The normalized spacial score (nSPS) is 15.8. The fraction of sp³-hybridized carbons (Fsp3) is 0.667. The first-order chi connectivity index (χ1) is 13.2. The smallest absolute Gasteiger partial charge is 0.412 e. The Balaban J connectivity index is 2.07. The molecule has 8 nitrogen and oxygen atoms in total. The average Bonchev–Trinajstić information content (AvgIpc) is 2.55. The molecule has 2 heterocycles. The van der Waals surface area contributed by atoms with Gasteiger partial charge in [0.05, 0.1) is 11.4 Å². The molecule has 2 rings (SSSR count). The number of ether oxygens (including phenoxy) is 2. The lowest BCUT2D eigenvalue weighted by molar-refractivity contribution is 0.0203. The fourth-order valence-electron chi connectivity index (χ4n) is 3.09. The number of carbonyl (C=O) groups excluding carboxylic acids is 2. The number of piperidine rings is 1. The van der Waals surface area contributed by atoms with E-state index in [0.29, 0.717) is 18.8 Å². The molecule has 1 saturated heterocycles. The van der Waals surface area contributed by atoms with Crippen LogP contribution in [0.4, 0.5) is 15.3 Å². The molecule has 8 heteroatoms. The van der Waals surface area contributed by atoms with Crippen LogP contribution in [0.2, 0.25) is 0 Å². The van der Waals surface area contributed by atoms with E-state index in [-0.39, 0.29) is 23.4 Å². The molecule has 0 radical (unpaired) electrons. The molecule has 0 aliphatic carbocycles. The number of hydrogen-bond acceptors (Lipinski definition) is 6. The summed E-state index contributed by atoms with van der Waals surface area (Å²) in [7, 11) is 0. The van der Waals surface area contributed by atoms with E-state index in [1.54, 1.807) is 38.7 Å². The molecular weight excluding hydrogens is 374 g/mol. The average molecular weight is 408 g/mol. The molecule has 1 fully saturated rings. The number of aryl methyl sites for hydroxylation is 1. The predicted molar refractivity (Wildman–Crippen MR) is 110 cm³/mol. The van der Waals surface area contributed by atoms with Crippen molar-refractivity contribution < 1.29 is 24.2 Å². The summed E-state index contributed by atoms with van der Waals surface area (Å²) < 4.78 is 10.7. The molecule has 0 atom stereocenters. The molecule has 1 aromatic heterocycles. The molecular formula is C21H33N3O5. The van der Waals surface area contributed by atoms with Gasteiger partial charge in [0.1, 0.15) is 11.2 Å². The first-order valence-corrected chi connectivity index (χ1v) is 9.93. The number of nitrogens with zero attached hydrogens (tertiary/aromatic N) is 2. The Labute approximate surface area is 172 Å². The van der Waals surface area contributed by atoms with Gasteiger partial charge in [-0.25, -0.2) is 9.59 Å². The minimum absolute atomic E-state index is 0.0780. The van der Waals surface area contributed by atoms with Crippen LogP contribution in [-0.2, 0) is 9.47 Å². The quantitative estimate of drug-likeness (QED) is 0.745. The maximum Gasteiger partial charge on any atom is 0.412 e. The summed E-state index contributed by atoms with van der Waals surface area (Å²) in [5.74, 6) is 0.0398. The Morgan fingerprint density at radius 3 is 2.17 bits per heavy atom. The maximum absolute atomic E-state index is 12.2. The Kier molecular flexibility index (Phi) is 6.65. The molecule has 2 N–H and O–H groups in total. The van der Waals surface area contributed by atoms with Gasteiger partial charge in [0, 0.05) is 24.7 Å². The van der Waals surface area contributed by atoms with Crippen molar-refractivity contribution >= 4 is 17.9 Å². The highest BCUT2D eigenvalue weighted by Crippen LogP contribution is 2.34. The molecule has 0 aromatic carbocycles. The van der Waals surface area contributed by atoms with Gasteiger partial charge < -0.3 is 19.5 Å². The summed E-state index contributed by atoms with van der Waals surface area (Å²) in [6.07, 6.45) is 0.507. The van der Waals surface area contributed by atoms with Crippen LogP contribution in [-0.4, -0.2) is 51.5 Å². The number of nitrogens with one attached hydrogen (secondary N) is 1. The van der Waals surface area contributed by atoms with Crippen LogP contribution in [0, 0.1) is 6.92 Å². The van der Waals surface area contributed by atoms with Gasteiger partial charge in [0.25, 0.3) is 0 Å². The lowest BCUT2D eigenvalue weighted by atomic mass is 9.92. The predicted octanol–water partition coefficient (Wildman–Crippen LogP) is 4.56. The van der Waals surface area contributed by atoms with Gasteiger partial charge in [-0.05, 0) is 67.4 Å². The number of anilines is 1. The monoisotopic (exact) mass is 407 g/mol. The summed E-state index contributed by atoms with van der Waals surface area (Å²) in [5, 5.41) is 12.9. The number of pyridine rings is 1. The second kappa shape index (κ2) is 8.47. The SMILES string of the molecule is Cc1nc(C2CCN(C(=O)OC(C)(C)C)CC2)cc(NC(=O)OC(C)(C)C)c1O. The van der Waals surface area contributed by atoms with E-state index in [0.717, 1.165) is 18.5 Å². The highest BCUT2D eigenvalue weighted by atomic mass is 16.6. The van der Waals surface area contributed by atoms with E-state index >= 15 is 0 Å². The number of rotatable bonds is 2. The number of aromatic hydroxyl groups is 1. The molecule has 2 amide bonds. The fourth-order valence-corrected chi connectivity index (χ4v) is 3.09. The largest absolute Gasteiger partial charge is 0.504 e. The lowest BCUT2D eigenvalue weighted by Crippen LogP contribution is -2.41. The first kappa shape index (κ1) is 22.8.